The second-order valence-electron chi connectivity index (χ2n) is 4.86. The first kappa shape index (κ1) is 13.8. The lowest BCUT2D eigenvalue weighted by atomic mass is 10.2. The molecule has 0 aliphatic heterocycles. The summed E-state index contributed by atoms with van der Waals surface area (Å²) in [6.45, 7) is 4.64. The standard InChI is InChI=1S/C15H15N3O2S/c1-3-13-17-11-5-4-10(15(19)20)6-12(11)18(13)7-14-16-9(2)8-21-14/h4-6,8H,3,7H2,1-2H3,(H,19,20). The number of carboxylic acid groups (broad SMARTS) is 1. The van der Waals surface area contributed by atoms with Crippen LogP contribution in [0.2, 0.25) is 0 Å². The van der Waals surface area contributed by atoms with Gasteiger partial charge < -0.3 is 9.67 Å². The molecule has 0 unspecified atom stereocenters. The molecule has 3 aromatic rings. The molecule has 0 saturated carbocycles. The zero-order valence-corrected chi connectivity index (χ0v) is 12.6. The van der Waals surface area contributed by atoms with Crippen LogP contribution >= 0.6 is 11.3 Å². The van der Waals surface area contributed by atoms with Crippen molar-refractivity contribution >= 4 is 28.3 Å². The highest BCUT2D eigenvalue weighted by Gasteiger charge is 2.13. The van der Waals surface area contributed by atoms with E-state index in [1.54, 1.807) is 29.5 Å². The van der Waals surface area contributed by atoms with Crippen LogP contribution in [0, 0.1) is 6.92 Å². The molecule has 0 amide bonds. The van der Waals surface area contributed by atoms with Crippen LogP contribution in [0.3, 0.4) is 0 Å². The van der Waals surface area contributed by atoms with Gasteiger partial charge in [-0.15, -0.1) is 11.3 Å². The molecule has 6 heteroatoms. The number of fused-ring (bicyclic) bond motifs is 1. The van der Waals surface area contributed by atoms with Crippen LogP contribution in [0.4, 0.5) is 0 Å². The summed E-state index contributed by atoms with van der Waals surface area (Å²) in [7, 11) is 0. The third-order valence-corrected chi connectivity index (χ3v) is 4.30. The van der Waals surface area contributed by atoms with Crippen molar-refractivity contribution in [1.82, 2.24) is 14.5 Å². The molecule has 1 N–H and O–H groups in total. The summed E-state index contributed by atoms with van der Waals surface area (Å²) in [4.78, 5) is 20.2. The highest BCUT2D eigenvalue weighted by Crippen LogP contribution is 2.21. The predicted molar refractivity (Wildman–Crippen MR) is 82.0 cm³/mol. The van der Waals surface area contributed by atoms with Crippen molar-refractivity contribution in [2.24, 2.45) is 0 Å². The average Bonchev–Trinajstić information content (AvgIpc) is 3.02. The number of nitrogens with zero attached hydrogens (tertiary/aromatic N) is 3. The van der Waals surface area contributed by atoms with Crippen LogP contribution in [0.5, 0.6) is 0 Å². The summed E-state index contributed by atoms with van der Waals surface area (Å²) in [5.41, 5.74) is 2.95. The molecule has 1 aromatic carbocycles. The Hall–Kier alpha value is -2.21. The summed E-state index contributed by atoms with van der Waals surface area (Å²) in [6, 6.07) is 5.04. The molecule has 0 bridgehead atoms. The number of carboxylic acids is 1. The zero-order chi connectivity index (χ0) is 15.0. The lowest BCUT2D eigenvalue weighted by Crippen LogP contribution is -2.05. The van der Waals surface area contributed by atoms with Gasteiger partial charge in [-0.3, -0.25) is 0 Å². The van der Waals surface area contributed by atoms with Gasteiger partial charge in [-0.05, 0) is 25.1 Å². The van der Waals surface area contributed by atoms with E-state index in [-0.39, 0.29) is 5.56 Å². The first-order valence-corrected chi connectivity index (χ1v) is 7.60. The normalized spacial score (nSPS) is 11.1. The minimum atomic E-state index is -0.923. The predicted octanol–water partition coefficient (Wildman–Crippen LogP) is 3.11. The SMILES string of the molecule is CCc1nc2ccc(C(=O)O)cc2n1Cc1nc(C)cs1. The third-order valence-electron chi connectivity index (χ3n) is 3.35. The topological polar surface area (TPSA) is 68.0 Å². The van der Waals surface area contributed by atoms with Gasteiger partial charge in [0.1, 0.15) is 10.8 Å². The van der Waals surface area contributed by atoms with Crippen molar-refractivity contribution in [3.05, 3.63) is 45.7 Å². The number of carbonyl (C=O) groups is 1. The van der Waals surface area contributed by atoms with E-state index in [0.717, 1.165) is 34.0 Å². The van der Waals surface area contributed by atoms with Gasteiger partial charge in [0.2, 0.25) is 0 Å². The van der Waals surface area contributed by atoms with Crippen molar-refractivity contribution in [2.75, 3.05) is 0 Å². The molecule has 0 aliphatic carbocycles. The number of imidazole rings is 1. The van der Waals surface area contributed by atoms with Crippen molar-refractivity contribution in [1.29, 1.82) is 0 Å². The van der Waals surface area contributed by atoms with Crippen LogP contribution in [0.25, 0.3) is 11.0 Å². The number of aromatic nitrogens is 3. The van der Waals surface area contributed by atoms with E-state index in [9.17, 15) is 4.79 Å². The van der Waals surface area contributed by atoms with Gasteiger partial charge in [-0.25, -0.2) is 14.8 Å². The molecule has 0 fully saturated rings. The first-order valence-electron chi connectivity index (χ1n) is 6.72. The van der Waals surface area contributed by atoms with Gasteiger partial charge in [0.05, 0.1) is 23.1 Å². The summed E-state index contributed by atoms with van der Waals surface area (Å²) in [5, 5.41) is 12.2. The van der Waals surface area contributed by atoms with E-state index >= 15 is 0 Å². The Balaban J connectivity index is 2.13. The van der Waals surface area contributed by atoms with Crippen molar-refractivity contribution in [2.45, 2.75) is 26.8 Å². The number of aryl methyl sites for hydroxylation is 2. The minimum Gasteiger partial charge on any atom is -0.478 e. The molecule has 3 rings (SSSR count). The van der Waals surface area contributed by atoms with Crippen molar-refractivity contribution in [3.8, 4) is 0 Å². The van der Waals surface area contributed by atoms with E-state index in [4.69, 9.17) is 5.11 Å². The fourth-order valence-electron chi connectivity index (χ4n) is 2.36. The van der Waals surface area contributed by atoms with Crippen LogP contribution in [0.15, 0.2) is 23.6 Å². The lowest BCUT2D eigenvalue weighted by molar-refractivity contribution is 0.0697. The second kappa shape index (κ2) is 5.29. The maximum absolute atomic E-state index is 11.2. The Morgan fingerprint density at radius 2 is 2.19 bits per heavy atom. The molecule has 108 valence electrons. The molecular weight excluding hydrogens is 286 g/mol. The Labute approximate surface area is 125 Å². The van der Waals surface area contributed by atoms with Crippen molar-refractivity contribution in [3.63, 3.8) is 0 Å². The molecule has 2 aromatic heterocycles. The van der Waals surface area contributed by atoms with E-state index in [0.29, 0.717) is 6.54 Å². The van der Waals surface area contributed by atoms with Gasteiger partial charge >= 0.3 is 5.97 Å². The Morgan fingerprint density at radius 3 is 2.81 bits per heavy atom. The van der Waals surface area contributed by atoms with Gasteiger partial charge in [-0.2, -0.15) is 0 Å². The number of hydrogen-bond donors (Lipinski definition) is 1. The monoisotopic (exact) mass is 301 g/mol. The van der Waals surface area contributed by atoms with E-state index in [1.165, 1.54) is 0 Å². The number of aromatic carboxylic acids is 1. The molecule has 5 nitrogen and oxygen atoms in total. The number of benzene rings is 1. The average molecular weight is 301 g/mol. The van der Waals surface area contributed by atoms with E-state index in [1.807, 2.05) is 19.2 Å². The molecule has 0 spiro atoms. The lowest BCUT2D eigenvalue weighted by Gasteiger charge is -2.06. The van der Waals surface area contributed by atoms with Gasteiger partial charge in [0, 0.05) is 17.5 Å². The molecule has 21 heavy (non-hydrogen) atoms. The summed E-state index contributed by atoms with van der Waals surface area (Å²) in [5.74, 6) is 0.0215. The Kier molecular flexibility index (Phi) is 3.47. The van der Waals surface area contributed by atoms with E-state index < -0.39 is 5.97 Å². The zero-order valence-electron chi connectivity index (χ0n) is 11.8. The number of thiazole rings is 1. The van der Waals surface area contributed by atoms with Crippen molar-refractivity contribution < 1.29 is 9.90 Å². The van der Waals surface area contributed by atoms with Crippen LogP contribution in [-0.2, 0) is 13.0 Å². The van der Waals surface area contributed by atoms with Crippen LogP contribution in [0.1, 0.15) is 33.8 Å². The number of rotatable bonds is 4. The van der Waals surface area contributed by atoms with Gasteiger partial charge in [0.25, 0.3) is 0 Å². The maximum atomic E-state index is 11.2. The van der Waals surface area contributed by atoms with Crippen LogP contribution < -0.4 is 0 Å². The largest absolute Gasteiger partial charge is 0.478 e. The Morgan fingerprint density at radius 1 is 1.38 bits per heavy atom. The maximum Gasteiger partial charge on any atom is 0.335 e. The molecule has 2 heterocycles. The third kappa shape index (κ3) is 2.54. The summed E-state index contributed by atoms with van der Waals surface area (Å²) >= 11 is 1.61. The molecular formula is C15H15N3O2S. The fourth-order valence-corrected chi connectivity index (χ4v) is 3.12. The van der Waals surface area contributed by atoms with Gasteiger partial charge in [-0.1, -0.05) is 6.92 Å². The molecule has 0 aliphatic rings. The minimum absolute atomic E-state index is 0.279. The smallest absolute Gasteiger partial charge is 0.335 e. The highest BCUT2D eigenvalue weighted by molar-refractivity contribution is 7.09. The molecule has 0 radical (unpaired) electrons. The number of hydrogen-bond acceptors (Lipinski definition) is 4. The van der Waals surface area contributed by atoms with E-state index in [2.05, 4.69) is 14.5 Å². The summed E-state index contributed by atoms with van der Waals surface area (Å²) in [6.07, 6.45) is 0.793. The second-order valence-corrected chi connectivity index (χ2v) is 5.80. The van der Waals surface area contributed by atoms with Gasteiger partial charge in [0.15, 0.2) is 0 Å². The van der Waals surface area contributed by atoms with Crippen LogP contribution in [-0.4, -0.2) is 25.6 Å². The first-order chi connectivity index (χ1) is 10.1. The quantitative estimate of drug-likeness (QED) is 0.804. The summed E-state index contributed by atoms with van der Waals surface area (Å²) < 4.78 is 2.06. The fraction of sp³-hybridized carbons (Fsp3) is 0.267. The highest BCUT2D eigenvalue weighted by atomic mass is 32.1. The molecule has 0 atom stereocenters. The Bertz CT molecular complexity index is 820. The molecule has 0 saturated heterocycles.